The third-order valence-corrected chi connectivity index (χ3v) is 2.69. The van der Waals surface area contributed by atoms with E-state index in [1.165, 1.54) is 0 Å². The monoisotopic (exact) mass is 259 g/mol. The summed E-state index contributed by atoms with van der Waals surface area (Å²) < 4.78 is 16.2. The van der Waals surface area contributed by atoms with E-state index in [1.807, 2.05) is 24.3 Å². The number of methoxy groups -OCH3 is 2. The predicted molar refractivity (Wildman–Crippen MR) is 74.0 cm³/mol. The highest BCUT2D eigenvalue weighted by Crippen LogP contribution is 2.30. The quantitative estimate of drug-likeness (QED) is 0.897. The van der Waals surface area contributed by atoms with E-state index in [-0.39, 0.29) is 0 Å². The maximum Gasteiger partial charge on any atom is 0.134 e. The lowest BCUT2D eigenvalue weighted by molar-refractivity contribution is 0.386. The lowest BCUT2D eigenvalue weighted by Crippen LogP contribution is -1.96. The molecule has 0 spiro atoms. The molecule has 0 unspecified atom stereocenters. The molecule has 4 heteroatoms. The summed E-state index contributed by atoms with van der Waals surface area (Å²) in [6, 6.07) is 13.1. The van der Waals surface area contributed by atoms with Crippen LogP contribution in [0.15, 0.2) is 42.5 Å². The molecule has 0 aliphatic rings. The molecular weight excluding hydrogens is 242 g/mol. The fraction of sp³-hybridized carbons (Fsp3) is 0.200. The Bertz CT molecular complexity index is 533. The minimum atomic E-state index is 0.485. The van der Waals surface area contributed by atoms with Gasteiger partial charge in [0.1, 0.15) is 23.0 Å². The van der Waals surface area contributed by atoms with Gasteiger partial charge in [0.25, 0.3) is 0 Å². The highest BCUT2D eigenvalue weighted by molar-refractivity contribution is 5.44. The van der Waals surface area contributed by atoms with Gasteiger partial charge in [-0.1, -0.05) is 12.1 Å². The highest BCUT2D eigenvalue weighted by Gasteiger charge is 2.04. The van der Waals surface area contributed by atoms with Gasteiger partial charge in [-0.05, 0) is 17.7 Å². The average molecular weight is 259 g/mol. The molecule has 0 aliphatic carbocycles. The molecule has 0 saturated heterocycles. The summed E-state index contributed by atoms with van der Waals surface area (Å²) in [6.45, 7) is 0.485. The Kier molecular flexibility index (Phi) is 4.26. The van der Waals surface area contributed by atoms with Crippen molar-refractivity contribution >= 4 is 0 Å². The second-order valence-corrected chi connectivity index (χ2v) is 4.00. The van der Waals surface area contributed by atoms with Crippen molar-refractivity contribution < 1.29 is 14.2 Å². The maximum atomic E-state index is 5.79. The Morgan fingerprint density at radius 1 is 0.842 bits per heavy atom. The first-order valence-corrected chi connectivity index (χ1v) is 5.95. The van der Waals surface area contributed by atoms with Crippen LogP contribution in [0.1, 0.15) is 5.56 Å². The first kappa shape index (κ1) is 13.2. The van der Waals surface area contributed by atoms with E-state index in [4.69, 9.17) is 19.9 Å². The van der Waals surface area contributed by atoms with Gasteiger partial charge in [0.05, 0.1) is 14.2 Å². The van der Waals surface area contributed by atoms with Gasteiger partial charge in [0, 0.05) is 24.7 Å². The van der Waals surface area contributed by atoms with Crippen molar-refractivity contribution in [1.82, 2.24) is 0 Å². The van der Waals surface area contributed by atoms with Crippen LogP contribution >= 0.6 is 0 Å². The van der Waals surface area contributed by atoms with Gasteiger partial charge in [-0.25, -0.2) is 0 Å². The lowest BCUT2D eigenvalue weighted by atomic mass is 10.2. The third-order valence-electron chi connectivity index (χ3n) is 2.69. The minimum absolute atomic E-state index is 0.485. The fourth-order valence-corrected chi connectivity index (χ4v) is 1.71. The van der Waals surface area contributed by atoms with Crippen molar-refractivity contribution in [3.63, 3.8) is 0 Å². The highest BCUT2D eigenvalue weighted by atomic mass is 16.5. The molecule has 0 atom stereocenters. The molecule has 0 amide bonds. The summed E-state index contributed by atoms with van der Waals surface area (Å²) >= 11 is 0. The van der Waals surface area contributed by atoms with Crippen LogP contribution in [0.5, 0.6) is 23.0 Å². The Morgan fingerprint density at radius 2 is 1.47 bits per heavy atom. The number of hydrogen-bond acceptors (Lipinski definition) is 4. The molecule has 2 N–H and O–H groups in total. The van der Waals surface area contributed by atoms with E-state index >= 15 is 0 Å². The first-order valence-electron chi connectivity index (χ1n) is 5.95. The van der Waals surface area contributed by atoms with Gasteiger partial charge < -0.3 is 19.9 Å². The summed E-state index contributed by atoms with van der Waals surface area (Å²) in [5.41, 5.74) is 6.63. The standard InChI is InChI=1S/C15H17NO3/c1-17-13-7-14(18-2)9-15(8-13)19-12-5-3-4-11(6-12)10-16/h3-9H,10,16H2,1-2H3. The van der Waals surface area contributed by atoms with Crippen LogP contribution in [0.2, 0.25) is 0 Å². The molecule has 0 bridgehead atoms. The Morgan fingerprint density at radius 3 is 2.05 bits per heavy atom. The predicted octanol–water partition coefficient (Wildman–Crippen LogP) is 2.95. The van der Waals surface area contributed by atoms with Gasteiger partial charge in [0.2, 0.25) is 0 Å². The summed E-state index contributed by atoms with van der Waals surface area (Å²) in [5.74, 6) is 2.76. The molecule has 0 heterocycles. The number of hydrogen-bond donors (Lipinski definition) is 1. The summed E-state index contributed by atoms with van der Waals surface area (Å²) in [5, 5.41) is 0. The van der Waals surface area contributed by atoms with Gasteiger partial charge in [-0.3, -0.25) is 0 Å². The first-order chi connectivity index (χ1) is 9.25. The van der Waals surface area contributed by atoms with Gasteiger partial charge in [0.15, 0.2) is 0 Å². The van der Waals surface area contributed by atoms with Crippen LogP contribution in [0, 0.1) is 0 Å². The van der Waals surface area contributed by atoms with Gasteiger partial charge in [-0.2, -0.15) is 0 Å². The average Bonchev–Trinajstić information content (AvgIpc) is 2.47. The molecule has 2 rings (SSSR count). The van der Waals surface area contributed by atoms with Crippen molar-refractivity contribution in [2.24, 2.45) is 5.73 Å². The smallest absolute Gasteiger partial charge is 0.134 e. The summed E-state index contributed by atoms with van der Waals surface area (Å²) in [4.78, 5) is 0. The fourth-order valence-electron chi connectivity index (χ4n) is 1.71. The van der Waals surface area contributed by atoms with Gasteiger partial charge >= 0.3 is 0 Å². The molecule has 100 valence electrons. The Hall–Kier alpha value is -2.20. The second-order valence-electron chi connectivity index (χ2n) is 4.00. The van der Waals surface area contributed by atoms with Crippen molar-refractivity contribution in [1.29, 1.82) is 0 Å². The summed E-state index contributed by atoms with van der Waals surface area (Å²) in [6.07, 6.45) is 0. The SMILES string of the molecule is COc1cc(OC)cc(Oc2cccc(CN)c2)c1. The molecular formula is C15H17NO3. The number of nitrogens with two attached hydrogens (primary N) is 1. The Balaban J connectivity index is 2.26. The molecule has 0 saturated carbocycles. The minimum Gasteiger partial charge on any atom is -0.496 e. The van der Waals surface area contributed by atoms with Gasteiger partial charge in [-0.15, -0.1) is 0 Å². The zero-order chi connectivity index (χ0) is 13.7. The zero-order valence-electron chi connectivity index (χ0n) is 11.1. The molecule has 19 heavy (non-hydrogen) atoms. The largest absolute Gasteiger partial charge is 0.496 e. The van der Waals surface area contributed by atoms with Crippen LogP contribution in [-0.4, -0.2) is 14.2 Å². The van der Waals surface area contributed by atoms with Crippen molar-refractivity contribution in [2.75, 3.05) is 14.2 Å². The van der Waals surface area contributed by atoms with E-state index in [0.29, 0.717) is 23.8 Å². The van der Waals surface area contributed by atoms with E-state index < -0.39 is 0 Å². The molecule has 2 aromatic carbocycles. The topological polar surface area (TPSA) is 53.7 Å². The normalized spacial score (nSPS) is 10.1. The van der Waals surface area contributed by atoms with Crippen LogP contribution < -0.4 is 19.9 Å². The molecule has 0 fully saturated rings. The van der Waals surface area contributed by atoms with E-state index in [0.717, 1.165) is 11.3 Å². The summed E-state index contributed by atoms with van der Waals surface area (Å²) in [7, 11) is 3.21. The maximum absolute atomic E-state index is 5.79. The van der Waals surface area contributed by atoms with Crippen molar-refractivity contribution in [2.45, 2.75) is 6.54 Å². The van der Waals surface area contributed by atoms with Crippen LogP contribution in [0.25, 0.3) is 0 Å². The van der Waals surface area contributed by atoms with Crippen LogP contribution in [0.4, 0.5) is 0 Å². The number of rotatable bonds is 5. The molecule has 0 radical (unpaired) electrons. The van der Waals surface area contributed by atoms with E-state index in [9.17, 15) is 0 Å². The van der Waals surface area contributed by atoms with Crippen LogP contribution in [-0.2, 0) is 6.54 Å². The van der Waals surface area contributed by atoms with E-state index in [2.05, 4.69) is 0 Å². The molecule has 0 aliphatic heterocycles. The number of ether oxygens (including phenoxy) is 3. The third kappa shape index (κ3) is 3.39. The van der Waals surface area contributed by atoms with E-state index in [1.54, 1.807) is 32.4 Å². The van der Waals surface area contributed by atoms with Crippen LogP contribution in [0.3, 0.4) is 0 Å². The zero-order valence-corrected chi connectivity index (χ0v) is 11.1. The van der Waals surface area contributed by atoms with Crippen molar-refractivity contribution in [3.8, 4) is 23.0 Å². The second kappa shape index (κ2) is 6.11. The molecule has 4 nitrogen and oxygen atoms in total. The lowest BCUT2D eigenvalue weighted by Gasteiger charge is -2.10. The van der Waals surface area contributed by atoms with Crippen molar-refractivity contribution in [3.05, 3.63) is 48.0 Å². The Labute approximate surface area is 112 Å². The molecule has 2 aromatic rings. The number of benzene rings is 2. The molecule has 0 aromatic heterocycles.